The van der Waals surface area contributed by atoms with Gasteiger partial charge < -0.3 is 15.0 Å². The highest BCUT2D eigenvalue weighted by molar-refractivity contribution is 8.01. The minimum atomic E-state index is 0.157. The molecule has 0 aromatic carbocycles. The van der Waals surface area contributed by atoms with Gasteiger partial charge in [0.2, 0.25) is 5.91 Å². The predicted octanol–water partition coefficient (Wildman–Crippen LogP) is 2.14. The van der Waals surface area contributed by atoms with Crippen LogP contribution in [0.5, 0.6) is 0 Å². The van der Waals surface area contributed by atoms with E-state index in [1.807, 2.05) is 0 Å². The second-order valence-electron chi connectivity index (χ2n) is 7.27. The molecule has 21 heavy (non-hydrogen) atoms. The number of nitrogens with zero attached hydrogens (tertiary/aromatic N) is 1. The molecule has 122 valence electrons. The number of amides is 1. The molecule has 0 aromatic rings. The van der Waals surface area contributed by atoms with Crippen LogP contribution in [0.15, 0.2) is 0 Å². The monoisotopic (exact) mass is 314 g/mol. The van der Waals surface area contributed by atoms with E-state index in [0.717, 1.165) is 45.1 Å². The molecule has 2 aliphatic rings. The molecule has 2 heterocycles. The lowest BCUT2D eigenvalue weighted by atomic mass is 10.0. The quantitative estimate of drug-likeness (QED) is 0.844. The van der Waals surface area contributed by atoms with Crippen molar-refractivity contribution < 1.29 is 9.53 Å². The Hall–Kier alpha value is -0.260. The third-order valence-corrected chi connectivity index (χ3v) is 5.40. The molecule has 0 saturated carbocycles. The SMILES string of the molecule is CC(C)(C)SCC(=O)NC1CCN(CC2CCOC2)CC1. The van der Waals surface area contributed by atoms with Crippen molar-refractivity contribution in [3.8, 4) is 0 Å². The largest absolute Gasteiger partial charge is 0.381 e. The van der Waals surface area contributed by atoms with E-state index in [1.165, 1.54) is 13.0 Å². The third kappa shape index (κ3) is 6.57. The summed E-state index contributed by atoms with van der Waals surface area (Å²) in [6.45, 7) is 11.7. The van der Waals surface area contributed by atoms with Crippen LogP contribution in [-0.4, -0.2) is 60.2 Å². The van der Waals surface area contributed by atoms with Crippen molar-refractivity contribution in [2.24, 2.45) is 5.92 Å². The minimum Gasteiger partial charge on any atom is -0.381 e. The van der Waals surface area contributed by atoms with Crippen LogP contribution >= 0.6 is 11.8 Å². The molecule has 1 unspecified atom stereocenters. The van der Waals surface area contributed by atoms with Gasteiger partial charge in [-0.15, -0.1) is 11.8 Å². The standard InChI is InChI=1S/C16H30N2O2S/c1-16(2,3)21-12-15(19)17-14-4-7-18(8-5-14)10-13-6-9-20-11-13/h13-14H,4-12H2,1-3H3,(H,17,19). The number of hydrogen-bond donors (Lipinski definition) is 1. The van der Waals surface area contributed by atoms with Crippen molar-refractivity contribution in [3.05, 3.63) is 0 Å². The second-order valence-corrected chi connectivity index (χ2v) is 9.08. The van der Waals surface area contributed by atoms with Crippen molar-refractivity contribution >= 4 is 17.7 Å². The maximum absolute atomic E-state index is 12.0. The minimum absolute atomic E-state index is 0.157. The van der Waals surface area contributed by atoms with Crippen molar-refractivity contribution in [1.82, 2.24) is 10.2 Å². The van der Waals surface area contributed by atoms with E-state index in [4.69, 9.17) is 4.74 Å². The molecule has 0 spiro atoms. The maximum atomic E-state index is 12.0. The van der Waals surface area contributed by atoms with Gasteiger partial charge in [0, 0.05) is 37.0 Å². The molecule has 4 nitrogen and oxygen atoms in total. The van der Waals surface area contributed by atoms with Crippen LogP contribution in [0, 0.1) is 5.92 Å². The Balaban J connectivity index is 1.61. The van der Waals surface area contributed by atoms with Crippen molar-refractivity contribution in [3.63, 3.8) is 0 Å². The van der Waals surface area contributed by atoms with Crippen LogP contribution in [0.2, 0.25) is 0 Å². The van der Waals surface area contributed by atoms with Crippen LogP contribution in [0.4, 0.5) is 0 Å². The predicted molar refractivity (Wildman–Crippen MR) is 88.7 cm³/mol. The number of carbonyl (C=O) groups excluding carboxylic acids is 1. The van der Waals surface area contributed by atoms with E-state index in [9.17, 15) is 4.79 Å². The van der Waals surface area contributed by atoms with Gasteiger partial charge in [0.1, 0.15) is 0 Å². The summed E-state index contributed by atoms with van der Waals surface area (Å²) in [6, 6.07) is 0.370. The molecule has 1 amide bonds. The Morgan fingerprint density at radius 2 is 2.00 bits per heavy atom. The smallest absolute Gasteiger partial charge is 0.230 e. The molecule has 5 heteroatoms. The number of thioether (sulfide) groups is 1. The van der Waals surface area contributed by atoms with Crippen molar-refractivity contribution in [1.29, 1.82) is 0 Å². The van der Waals surface area contributed by atoms with Crippen molar-refractivity contribution in [2.45, 2.75) is 50.8 Å². The average molecular weight is 314 g/mol. The van der Waals surface area contributed by atoms with Gasteiger partial charge in [-0.1, -0.05) is 20.8 Å². The van der Waals surface area contributed by atoms with Gasteiger partial charge in [-0.05, 0) is 25.2 Å². The lowest BCUT2D eigenvalue weighted by molar-refractivity contribution is -0.119. The first-order valence-electron chi connectivity index (χ1n) is 8.16. The summed E-state index contributed by atoms with van der Waals surface area (Å²) >= 11 is 1.72. The van der Waals surface area contributed by atoms with Crippen LogP contribution in [0.3, 0.4) is 0 Å². The third-order valence-electron chi connectivity index (χ3n) is 4.13. The summed E-state index contributed by atoms with van der Waals surface area (Å²) in [6.07, 6.45) is 3.37. The van der Waals surface area contributed by atoms with Gasteiger partial charge in [-0.25, -0.2) is 0 Å². The summed E-state index contributed by atoms with van der Waals surface area (Å²) < 4.78 is 5.60. The lowest BCUT2D eigenvalue weighted by Gasteiger charge is -2.33. The van der Waals surface area contributed by atoms with E-state index in [-0.39, 0.29) is 10.7 Å². The first-order valence-corrected chi connectivity index (χ1v) is 9.14. The Morgan fingerprint density at radius 3 is 2.57 bits per heavy atom. The Bertz CT molecular complexity index is 330. The summed E-state index contributed by atoms with van der Waals surface area (Å²) in [7, 11) is 0. The number of hydrogen-bond acceptors (Lipinski definition) is 4. The number of carbonyl (C=O) groups is 1. The molecule has 2 saturated heterocycles. The fourth-order valence-corrected chi connectivity index (χ4v) is 3.55. The van der Waals surface area contributed by atoms with E-state index in [2.05, 4.69) is 31.0 Å². The van der Waals surface area contributed by atoms with E-state index >= 15 is 0 Å². The number of piperidine rings is 1. The maximum Gasteiger partial charge on any atom is 0.230 e. The molecule has 2 rings (SSSR count). The molecule has 2 fully saturated rings. The summed E-state index contributed by atoms with van der Waals surface area (Å²) in [4.78, 5) is 14.5. The topological polar surface area (TPSA) is 41.6 Å². The molecular formula is C16H30N2O2S. The van der Waals surface area contributed by atoms with Crippen LogP contribution < -0.4 is 5.32 Å². The fourth-order valence-electron chi connectivity index (χ4n) is 2.90. The van der Waals surface area contributed by atoms with Gasteiger partial charge in [0.05, 0.1) is 12.4 Å². The highest BCUT2D eigenvalue weighted by Crippen LogP contribution is 2.23. The zero-order valence-corrected chi connectivity index (χ0v) is 14.5. The Kier molecular flexibility index (Phi) is 6.38. The molecule has 0 aliphatic carbocycles. The molecule has 0 aromatic heterocycles. The van der Waals surface area contributed by atoms with Crippen LogP contribution in [0.1, 0.15) is 40.0 Å². The van der Waals surface area contributed by atoms with E-state index < -0.39 is 0 Å². The summed E-state index contributed by atoms with van der Waals surface area (Å²) in [5.74, 6) is 1.49. The Morgan fingerprint density at radius 1 is 1.29 bits per heavy atom. The summed E-state index contributed by atoms with van der Waals surface area (Å²) in [5, 5.41) is 3.19. The van der Waals surface area contributed by atoms with E-state index in [1.54, 1.807) is 11.8 Å². The van der Waals surface area contributed by atoms with Crippen molar-refractivity contribution in [2.75, 3.05) is 38.6 Å². The Labute approximate surface area is 133 Å². The van der Waals surface area contributed by atoms with Gasteiger partial charge in [-0.3, -0.25) is 4.79 Å². The first-order chi connectivity index (χ1) is 9.92. The van der Waals surface area contributed by atoms with Crippen LogP contribution in [0.25, 0.3) is 0 Å². The van der Waals surface area contributed by atoms with Gasteiger partial charge in [0.15, 0.2) is 0 Å². The normalized spacial score (nSPS) is 25.2. The number of nitrogens with one attached hydrogen (secondary N) is 1. The molecule has 0 bridgehead atoms. The zero-order chi connectivity index (χ0) is 15.3. The molecule has 1 N–H and O–H groups in total. The highest BCUT2D eigenvalue weighted by Gasteiger charge is 2.24. The second kappa shape index (κ2) is 7.84. The van der Waals surface area contributed by atoms with E-state index in [0.29, 0.717) is 11.8 Å². The molecular weight excluding hydrogens is 284 g/mol. The average Bonchev–Trinajstić information content (AvgIpc) is 2.91. The first kappa shape index (κ1) is 17.1. The molecule has 1 atom stereocenters. The molecule has 2 aliphatic heterocycles. The highest BCUT2D eigenvalue weighted by atomic mass is 32.2. The molecule has 0 radical (unpaired) electrons. The number of likely N-dealkylation sites (tertiary alicyclic amines) is 1. The number of rotatable bonds is 5. The van der Waals surface area contributed by atoms with Gasteiger partial charge >= 0.3 is 0 Å². The lowest BCUT2D eigenvalue weighted by Crippen LogP contribution is -2.46. The zero-order valence-electron chi connectivity index (χ0n) is 13.7. The number of ether oxygens (including phenoxy) is 1. The van der Waals surface area contributed by atoms with Crippen LogP contribution in [-0.2, 0) is 9.53 Å². The van der Waals surface area contributed by atoms with Gasteiger partial charge in [0.25, 0.3) is 0 Å². The van der Waals surface area contributed by atoms with Gasteiger partial charge in [-0.2, -0.15) is 0 Å². The fraction of sp³-hybridized carbons (Fsp3) is 0.938. The summed E-state index contributed by atoms with van der Waals surface area (Å²) in [5.41, 5.74) is 0.